The van der Waals surface area contributed by atoms with E-state index in [1.54, 1.807) is 0 Å². The molecular weight excluding hydrogens is 307 g/mol. The van der Waals surface area contributed by atoms with Crippen molar-refractivity contribution in [2.24, 2.45) is 0 Å². The number of carbonyl (C=O) groups excluding carboxylic acids is 1. The maximum Gasteiger partial charge on any atom is 0.412 e. The molecule has 5 heteroatoms. The van der Waals surface area contributed by atoms with Crippen LogP contribution >= 0.6 is 0 Å². The first-order valence-electron chi connectivity index (χ1n) is 7.94. The van der Waals surface area contributed by atoms with Gasteiger partial charge in [-0.25, -0.2) is 4.79 Å². The van der Waals surface area contributed by atoms with Crippen LogP contribution in [-0.4, -0.2) is 42.9 Å². The van der Waals surface area contributed by atoms with E-state index < -0.39 is 12.5 Å². The molecular formula is C19H21FN2O2. The fourth-order valence-electron chi connectivity index (χ4n) is 2.89. The number of rotatable bonds is 5. The van der Waals surface area contributed by atoms with Crippen molar-refractivity contribution >= 4 is 6.09 Å². The SMILES string of the molecule is CN(C)Cc1ccccc1-c1ccc(CN2CC(F)OC2=O)cc1. The van der Waals surface area contributed by atoms with Gasteiger partial charge in [0.2, 0.25) is 0 Å². The van der Waals surface area contributed by atoms with E-state index in [9.17, 15) is 9.18 Å². The molecule has 0 radical (unpaired) electrons. The zero-order chi connectivity index (χ0) is 17.1. The van der Waals surface area contributed by atoms with Crippen LogP contribution in [0.2, 0.25) is 0 Å². The first-order valence-corrected chi connectivity index (χ1v) is 7.94. The molecule has 4 nitrogen and oxygen atoms in total. The Labute approximate surface area is 141 Å². The van der Waals surface area contributed by atoms with Gasteiger partial charge in [0.15, 0.2) is 0 Å². The number of amides is 1. The topological polar surface area (TPSA) is 32.8 Å². The number of hydrogen-bond acceptors (Lipinski definition) is 3. The number of nitrogens with zero attached hydrogens (tertiary/aromatic N) is 2. The van der Waals surface area contributed by atoms with Gasteiger partial charge in [0, 0.05) is 13.1 Å². The molecule has 1 fully saturated rings. The quantitative estimate of drug-likeness (QED) is 0.840. The Morgan fingerprint density at radius 1 is 1.17 bits per heavy atom. The van der Waals surface area contributed by atoms with Crippen LogP contribution < -0.4 is 0 Å². The summed E-state index contributed by atoms with van der Waals surface area (Å²) in [6.07, 6.45) is -2.11. The molecule has 1 saturated heterocycles. The highest BCUT2D eigenvalue weighted by Gasteiger charge is 2.30. The Kier molecular flexibility index (Phi) is 4.81. The van der Waals surface area contributed by atoms with Gasteiger partial charge in [-0.3, -0.25) is 4.90 Å². The summed E-state index contributed by atoms with van der Waals surface area (Å²) in [4.78, 5) is 15.0. The lowest BCUT2D eigenvalue weighted by atomic mass is 9.98. The van der Waals surface area contributed by atoms with E-state index in [-0.39, 0.29) is 6.54 Å². The molecule has 1 aliphatic rings. The first-order chi connectivity index (χ1) is 11.5. The van der Waals surface area contributed by atoms with Crippen LogP contribution in [0.4, 0.5) is 9.18 Å². The fraction of sp³-hybridized carbons (Fsp3) is 0.316. The molecule has 0 bridgehead atoms. The normalized spacial score (nSPS) is 17.4. The number of hydrogen-bond donors (Lipinski definition) is 0. The van der Waals surface area contributed by atoms with Crippen molar-refractivity contribution in [3.8, 4) is 11.1 Å². The molecule has 0 N–H and O–H groups in total. The van der Waals surface area contributed by atoms with Gasteiger partial charge < -0.3 is 9.64 Å². The monoisotopic (exact) mass is 328 g/mol. The van der Waals surface area contributed by atoms with Gasteiger partial charge >= 0.3 is 6.09 Å². The van der Waals surface area contributed by atoms with Crippen LogP contribution in [0.1, 0.15) is 11.1 Å². The third-order valence-electron chi connectivity index (χ3n) is 3.99. The largest absolute Gasteiger partial charge is 0.413 e. The maximum absolute atomic E-state index is 13.1. The number of halogens is 1. The maximum atomic E-state index is 13.1. The second-order valence-electron chi connectivity index (χ2n) is 6.27. The summed E-state index contributed by atoms with van der Waals surface area (Å²) in [7, 11) is 4.10. The van der Waals surface area contributed by atoms with Gasteiger partial charge in [-0.1, -0.05) is 48.5 Å². The summed E-state index contributed by atoms with van der Waals surface area (Å²) in [5.74, 6) is 0. The molecule has 0 aromatic heterocycles. The molecule has 2 aromatic carbocycles. The zero-order valence-corrected chi connectivity index (χ0v) is 13.9. The van der Waals surface area contributed by atoms with E-state index in [1.807, 2.05) is 50.5 Å². The van der Waals surface area contributed by atoms with Gasteiger partial charge in [0.1, 0.15) is 0 Å². The van der Waals surface area contributed by atoms with Crippen LogP contribution in [0.25, 0.3) is 11.1 Å². The molecule has 24 heavy (non-hydrogen) atoms. The Bertz CT molecular complexity index is 716. The lowest BCUT2D eigenvalue weighted by Gasteiger charge is -2.15. The van der Waals surface area contributed by atoms with Crippen LogP contribution in [0, 0.1) is 0 Å². The van der Waals surface area contributed by atoms with E-state index in [0.29, 0.717) is 6.54 Å². The van der Waals surface area contributed by atoms with Crippen molar-refractivity contribution < 1.29 is 13.9 Å². The molecule has 0 aliphatic carbocycles. The lowest BCUT2D eigenvalue weighted by Crippen LogP contribution is -2.23. The number of alkyl halides is 1. The fourth-order valence-corrected chi connectivity index (χ4v) is 2.89. The molecule has 1 aliphatic heterocycles. The molecule has 1 unspecified atom stereocenters. The summed E-state index contributed by atoms with van der Waals surface area (Å²) in [5.41, 5.74) is 4.54. The van der Waals surface area contributed by atoms with Gasteiger partial charge in [0.05, 0.1) is 6.54 Å². The van der Waals surface area contributed by atoms with Crippen molar-refractivity contribution in [1.82, 2.24) is 9.80 Å². The molecule has 1 amide bonds. The average Bonchev–Trinajstić information content (AvgIpc) is 2.86. The van der Waals surface area contributed by atoms with Crippen LogP contribution in [0.3, 0.4) is 0 Å². The predicted molar refractivity (Wildman–Crippen MR) is 91.1 cm³/mol. The summed E-state index contributed by atoms with van der Waals surface area (Å²) in [6.45, 7) is 1.22. The molecule has 0 saturated carbocycles. The molecule has 1 atom stereocenters. The van der Waals surface area contributed by atoms with E-state index in [4.69, 9.17) is 0 Å². The van der Waals surface area contributed by atoms with Crippen LogP contribution in [0.5, 0.6) is 0 Å². The Morgan fingerprint density at radius 3 is 2.50 bits per heavy atom. The van der Waals surface area contributed by atoms with Crippen molar-refractivity contribution in [3.05, 3.63) is 59.7 Å². The van der Waals surface area contributed by atoms with E-state index >= 15 is 0 Å². The average molecular weight is 328 g/mol. The molecule has 1 heterocycles. The molecule has 3 rings (SSSR count). The van der Waals surface area contributed by atoms with Crippen LogP contribution in [0.15, 0.2) is 48.5 Å². The Morgan fingerprint density at radius 2 is 1.88 bits per heavy atom. The minimum Gasteiger partial charge on any atom is -0.413 e. The highest BCUT2D eigenvalue weighted by atomic mass is 19.1. The van der Waals surface area contributed by atoms with Crippen molar-refractivity contribution in [2.45, 2.75) is 19.4 Å². The van der Waals surface area contributed by atoms with E-state index in [2.05, 4.69) is 21.8 Å². The number of benzene rings is 2. The van der Waals surface area contributed by atoms with Crippen molar-refractivity contribution in [3.63, 3.8) is 0 Å². The van der Waals surface area contributed by atoms with Gasteiger partial charge in [0.25, 0.3) is 6.36 Å². The van der Waals surface area contributed by atoms with Crippen LogP contribution in [-0.2, 0) is 17.8 Å². The van der Waals surface area contributed by atoms with Gasteiger partial charge in [-0.2, -0.15) is 4.39 Å². The first kappa shape index (κ1) is 16.5. The van der Waals surface area contributed by atoms with Gasteiger partial charge in [-0.05, 0) is 36.3 Å². The number of cyclic esters (lactones) is 1. The van der Waals surface area contributed by atoms with E-state index in [1.165, 1.54) is 16.0 Å². The predicted octanol–water partition coefficient (Wildman–Crippen LogP) is 3.66. The van der Waals surface area contributed by atoms with E-state index in [0.717, 1.165) is 17.7 Å². The standard InChI is InChI=1S/C19H21FN2O2/c1-21(2)12-16-5-3-4-6-17(16)15-9-7-14(8-10-15)11-22-13-18(20)24-19(22)23/h3-10,18H,11-13H2,1-2H3. The zero-order valence-electron chi connectivity index (χ0n) is 13.9. The highest BCUT2D eigenvalue weighted by molar-refractivity contribution is 5.70. The second-order valence-corrected chi connectivity index (χ2v) is 6.27. The van der Waals surface area contributed by atoms with Crippen molar-refractivity contribution in [1.29, 1.82) is 0 Å². The minimum atomic E-state index is -1.52. The molecule has 126 valence electrons. The lowest BCUT2D eigenvalue weighted by molar-refractivity contribution is 0.0574. The molecule has 2 aromatic rings. The minimum absolute atomic E-state index is 0.00769. The highest BCUT2D eigenvalue weighted by Crippen LogP contribution is 2.25. The van der Waals surface area contributed by atoms with Gasteiger partial charge in [-0.15, -0.1) is 0 Å². The van der Waals surface area contributed by atoms with Crippen molar-refractivity contribution in [2.75, 3.05) is 20.6 Å². The Balaban J connectivity index is 1.77. The summed E-state index contributed by atoms with van der Waals surface area (Å²) in [6, 6.07) is 16.3. The third-order valence-corrected chi connectivity index (χ3v) is 3.99. The third kappa shape index (κ3) is 3.74. The summed E-state index contributed by atoms with van der Waals surface area (Å²) in [5, 5.41) is 0. The molecule has 0 spiro atoms. The summed E-state index contributed by atoms with van der Waals surface area (Å²) < 4.78 is 17.6. The second kappa shape index (κ2) is 7.01. The number of ether oxygens (including phenoxy) is 1. The summed E-state index contributed by atoms with van der Waals surface area (Å²) >= 11 is 0. The smallest absolute Gasteiger partial charge is 0.412 e. The Hall–Kier alpha value is -2.40. The number of carbonyl (C=O) groups is 1.